The topological polar surface area (TPSA) is 71.1 Å². The third kappa shape index (κ3) is 4.56. The monoisotopic (exact) mass is 393 g/mol. The molecule has 0 aliphatic carbocycles. The summed E-state index contributed by atoms with van der Waals surface area (Å²) < 4.78 is 0. The molecule has 3 aromatic rings. The fourth-order valence-corrected chi connectivity index (χ4v) is 2.89. The Morgan fingerprint density at radius 3 is 2.54 bits per heavy atom. The molecule has 0 saturated heterocycles. The number of hydrogen-bond acceptors (Lipinski definition) is 3. The number of nitrogens with one attached hydrogen (secondary N) is 2. The van der Waals surface area contributed by atoms with E-state index >= 15 is 0 Å². The molecule has 0 unspecified atom stereocenters. The van der Waals surface area contributed by atoms with E-state index in [9.17, 15) is 9.59 Å². The third-order valence-electron chi connectivity index (χ3n) is 4.33. The molecule has 28 heavy (non-hydrogen) atoms. The van der Waals surface area contributed by atoms with Crippen LogP contribution >= 0.6 is 11.6 Å². The smallest absolute Gasteiger partial charge is 0.274 e. The predicted molar refractivity (Wildman–Crippen MR) is 112 cm³/mol. The fraction of sp³-hybridized carbons (Fsp3) is 0.136. The van der Waals surface area contributed by atoms with Crippen molar-refractivity contribution in [2.24, 2.45) is 0 Å². The zero-order valence-electron chi connectivity index (χ0n) is 15.6. The van der Waals surface area contributed by atoms with Crippen molar-refractivity contribution >= 4 is 34.8 Å². The van der Waals surface area contributed by atoms with Crippen molar-refractivity contribution in [3.05, 3.63) is 88.2 Å². The molecule has 0 spiro atoms. The van der Waals surface area contributed by atoms with E-state index in [0.29, 0.717) is 16.3 Å². The number of rotatable bonds is 5. The Kier molecular flexibility index (Phi) is 6.06. The van der Waals surface area contributed by atoms with Crippen LogP contribution in [0.3, 0.4) is 0 Å². The first-order chi connectivity index (χ1) is 13.5. The molecule has 142 valence electrons. The standard InChI is InChI=1S/C22H20ClN3O2/c1-3-15-6-4-5-7-19(15)26-22(28)20-12-16(10-11-24-20)21(27)25-17-9-8-14(2)18(23)13-17/h4-13H,3H2,1-2H3,(H,25,27)(H,26,28). The molecule has 0 saturated carbocycles. The molecule has 0 aliphatic heterocycles. The molecule has 1 heterocycles. The van der Waals surface area contributed by atoms with Crippen molar-refractivity contribution in [3.8, 4) is 0 Å². The summed E-state index contributed by atoms with van der Waals surface area (Å²) >= 11 is 6.10. The highest BCUT2D eigenvalue weighted by atomic mass is 35.5. The highest BCUT2D eigenvalue weighted by Gasteiger charge is 2.14. The molecule has 0 aliphatic rings. The number of pyridine rings is 1. The van der Waals surface area contributed by atoms with Gasteiger partial charge in [-0.1, -0.05) is 42.8 Å². The maximum Gasteiger partial charge on any atom is 0.274 e. The van der Waals surface area contributed by atoms with E-state index in [1.807, 2.05) is 44.2 Å². The van der Waals surface area contributed by atoms with E-state index in [-0.39, 0.29) is 17.5 Å². The van der Waals surface area contributed by atoms with Gasteiger partial charge in [-0.3, -0.25) is 14.6 Å². The van der Waals surface area contributed by atoms with Gasteiger partial charge in [-0.25, -0.2) is 0 Å². The molecule has 0 fully saturated rings. The summed E-state index contributed by atoms with van der Waals surface area (Å²) in [7, 11) is 0. The normalized spacial score (nSPS) is 10.4. The minimum Gasteiger partial charge on any atom is -0.322 e. The quantitative estimate of drug-likeness (QED) is 0.632. The maximum absolute atomic E-state index is 12.6. The number of aryl methyl sites for hydroxylation is 2. The van der Waals surface area contributed by atoms with E-state index in [1.54, 1.807) is 18.2 Å². The van der Waals surface area contributed by atoms with Gasteiger partial charge in [0.1, 0.15) is 5.69 Å². The highest BCUT2D eigenvalue weighted by Crippen LogP contribution is 2.21. The van der Waals surface area contributed by atoms with Crippen LogP contribution < -0.4 is 10.6 Å². The maximum atomic E-state index is 12.6. The van der Waals surface area contributed by atoms with E-state index in [0.717, 1.165) is 23.2 Å². The number of amides is 2. The van der Waals surface area contributed by atoms with Crippen molar-refractivity contribution in [1.82, 2.24) is 4.98 Å². The largest absolute Gasteiger partial charge is 0.322 e. The molecular formula is C22H20ClN3O2. The van der Waals surface area contributed by atoms with E-state index in [4.69, 9.17) is 11.6 Å². The van der Waals surface area contributed by atoms with Crippen LogP contribution in [-0.4, -0.2) is 16.8 Å². The summed E-state index contributed by atoms with van der Waals surface area (Å²) in [6, 6.07) is 15.9. The summed E-state index contributed by atoms with van der Waals surface area (Å²) in [5.74, 6) is -0.709. The zero-order chi connectivity index (χ0) is 20.1. The van der Waals surface area contributed by atoms with Gasteiger partial charge < -0.3 is 10.6 Å². The average Bonchev–Trinajstić information content (AvgIpc) is 2.71. The molecule has 6 heteroatoms. The first-order valence-electron chi connectivity index (χ1n) is 8.90. The lowest BCUT2D eigenvalue weighted by atomic mass is 10.1. The summed E-state index contributed by atoms with van der Waals surface area (Å²) in [5, 5.41) is 6.21. The number of carbonyl (C=O) groups excluding carboxylic acids is 2. The summed E-state index contributed by atoms with van der Waals surface area (Å²) in [6.45, 7) is 3.91. The number of nitrogens with zero attached hydrogens (tertiary/aromatic N) is 1. The molecular weight excluding hydrogens is 374 g/mol. The van der Waals surface area contributed by atoms with Gasteiger partial charge >= 0.3 is 0 Å². The number of benzene rings is 2. The van der Waals surface area contributed by atoms with Crippen molar-refractivity contribution in [2.45, 2.75) is 20.3 Å². The van der Waals surface area contributed by atoms with Crippen LogP contribution in [0.15, 0.2) is 60.8 Å². The van der Waals surface area contributed by atoms with Crippen LogP contribution in [0.2, 0.25) is 5.02 Å². The van der Waals surface area contributed by atoms with Gasteiger partial charge in [-0.2, -0.15) is 0 Å². The fourth-order valence-electron chi connectivity index (χ4n) is 2.71. The molecule has 2 aromatic carbocycles. The van der Waals surface area contributed by atoms with Gasteiger partial charge in [-0.05, 0) is 54.8 Å². The van der Waals surface area contributed by atoms with Gasteiger partial charge in [0.15, 0.2) is 0 Å². The molecule has 2 N–H and O–H groups in total. The molecule has 1 aromatic heterocycles. The van der Waals surface area contributed by atoms with E-state index in [2.05, 4.69) is 15.6 Å². The lowest BCUT2D eigenvalue weighted by molar-refractivity contribution is 0.102. The molecule has 0 radical (unpaired) electrons. The summed E-state index contributed by atoms with van der Waals surface area (Å²) in [4.78, 5) is 29.2. The zero-order valence-corrected chi connectivity index (χ0v) is 16.4. The molecule has 2 amide bonds. The molecule has 0 bridgehead atoms. The number of anilines is 2. The Labute approximate surface area is 168 Å². The van der Waals surface area contributed by atoms with Gasteiger partial charge in [-0.15, -0.1) is 0 Å². The molecule has 5 nitrogen and oxygen atoms in total. The second kappa shape index (κ2) is 8.67. The first kappa shape index (κ1) is 19.6. The Balaban J connectivity index is 1.76. The minimum absolute atomic E-state index is 0.167. The number of hydrogen-bond donors (Lipinski definition) is 2. The van der Waals surface area contributed by atoms with Crippen LogP contribution in [0.5, 0.6) is 0 Å². The van der Waals surface area contributed by atoms with Crippen LogP contribution in [0, 0.1) is 6.92 Å². The van der Waals surface area contributed by atoms with Crippen molar-refractivity contribution in [2.75, 3.05) is 10.6 Å². The van der Waals surface area contributed by atoms with E-state index < -0.39 is 0 Å². The van der Waals surface area contributed by atoms with Gasteiger partial charge in [0.2, 0.25) is 0 Å². The van der Waals surface area contributed by atoms with Crippen molar-refractivity contribution < 1.29 is 9.59 Å². The first-order valence-corrected chi connectivity index (χ1v) is 9.28. The average molecular weight is 394 g/mol. The molecule has 3 rings (SSSR count). The number of aromatic nitrogens is 1. The van der Waals surface area contributed by atoms with Crippen molar-refractivity contribution in [3.63, 3.8) is 0 Å². The minimum atomic E-state index is -0.367. The summed E-state index contributed by atoms with van der Waals surface area (Å²) in [5.41, 5.74) is 3.78. The highest BCUT2D eigenvalue weighted by molar-refractivity contribution is 6.31. The number of halogens is 1. The Morgan fingerprint density at radius 2 is 1.79 bits per heavy atom. The third-order valence-corrected chi connectivity index (χ3v) is 4.74. The van der Waals surface area contributed by atoms with Gasteiger partial charge in [0.25, 0.3) is 11.8 Å². The SMILES string of the molecule is CCc1ccccc1NC(=O)c1cc(C(=O)Nc2ccc(C)c(Cl)c2)ccn1. The Morgan fingerprint density at radius 1 is 1.00 bits per heavy atom. The van der Waals surface area contributed by atoms with Gasteiger partial charge in [0.05, 0.1) is 0 Å². The lowest BCUT2D eigenvalue weighted by Crippen LogP contribution is -2.17. The second-order valence-electron chi connectivity index (χ2n) is 6.31. The Hall–Kier alpha value is -3.18. The predicted octanol–water partition coefficient (Wildman–Crippen LogP) is 5.11. The summed E-state index contributed by atoms with van der Waals surface area (Å²) in [6.07, 6.45) is 2.24. The van der Waals surface area contributed by atoms with E-state index in [1.165, 1.54) is 12.3 Å². The van der Waals surface area contributed by atoms with Crippen LogP contribution in [0.25, 0.3) is 0 Å². The van der Waals surface area contributed by atoms with Crippen LogP contribution in [-0.2, 0) is 6.42 Å². The van der Waals surface area contributed by atoms with Crippen LogP contribution in [0.1, 0.15) is 38.9 Å². The van der Waals surface area contributed by atoms with Crippen molar-refractivity contribution in [1.29, 1.82) is 0 Å². The molecule has 0 atom stereocenters. The number of carbonyl (C=O) groups is 2. The van der Waals surface area contributed by atoms with Gasteiger partial charge in [0, 0.05) is 28.2 Å². The lowest BCUT2D eigenvalue weighted by Gasteiger charge is -2.10. The second-order valence-corrected chi connectivity index (χ2v) is 6.72. The van der Waals surface area contributed by atoms with Crippen LogP contribution in [0.4, 0.5) is 11.4 Å². The Bertz CT molecular complexity index is 1030. The number of para-hydroxylation sites is 1.